The molecule has 0 amide bonds. The Labute approximate surface area is 356 Å². The Bertz CT molecular complexity index is 1200. The largest absolute Gasteiger partial charge is 0.462 e. The standard InChI is InChI=1S/C52H84O6/c1-4-7-10-13-16-19-22-24-25-26-27-29-30-33-36-39-42-45-51(54)57-48-49(47-56-50(53)44-41-38-35-32-21-18-15-12-9-6-3)58-52(55)46-43-40-37-34-31-28-23-20-17-14-11-8-5-2/h7,10,13,16,19,22,24-31,37,40,49H,4-6,8-9,11-12,14-15,17-18,20-21,23,32-36,38-39,41-48H2,1-3H3/b10-7-,16-13-,22-19-,25-24-,27-26+,30-29-,31-28-,40-37-. The van der Waals surface area contributed by atoms with Gasteiger partial charge in [-0.1, -0.05) is 214 Å². The summed E-state index contributed by atoms with van der Waals surface area (Å²) in [6, 6.07) is 0. The van der Waals surface area contributed by atoms with Crippen molar-refractivity contribution in [3.05, 3.63) is 97.2 Å². The first-order valence-corrected chi connectivity index (χ1v) is 23.3. The Balaban J connectivity index is 4.55. The highest BCUT2D eigenvalue weighted by Crippen LogP contribution is 2.13. The second-order valence-electron chi connectivity index (χ2n) is 15.1. The van der Waals surface area contributed by atoms with Gasteiger partial charge in [0.1, 0.15) is 13.2 Å². The van der Waals surface area contributed by atoms with E-state index in [0.29, 0.717) is 19.3 Å². The molecule has 0 spiro atoms. The van der Waals surface area contributed by atoms with E-state index in [1.54, 1.807) is 0 Å². The molecular formula is C52H84O6. The average molecular weight is 805 g/mol. The molecule has 6 heteroatoms. The van der Waals surface area contributed by atoms with Gasteiger partial charge in [0.2, 0.25) is 0 Å². The Morgan fingerprint density at radius 3 is 1.28 bits per heavy atom. The molecule has 0 saturated heterocycles. The van der Waals surface area contributed by atoms with Crippen LogP contribution in [-0.2, 0) is 28.6 Å². The second-order valence-corrected chi connectivity index (χ2v) is 15.1. The summed E-state index contributed by atoms with van der Waals surface area (Å²) >= 11 is 0. The zero-order valence-corrected chi connectivity index (χ0v) is 37.3. The van der Waals surface area contributed by atoms with E-state index in [0.717, 1.165) is 64.2 Å². The summed E-state index contributed by atoms with van der Waals surface area (Å²) in [5.41, 5.74) is 0. The molecule has 58 heavy (non-hydrogen) atoms. The van der Waals surface area contributed by atoms with Crippen molar-refractivity contribution >= 4 is 17.9 Å². The number of ether oxygens (including phenoxy) is 3. The molecule has 0 heterocycles. The SMILES string of the molecule is CC\C=C/C=C\C=C/C=C\C=C\C=C/CCCCCC(=O)OCC(COC(=O)CCCCCCCCCCCC)OC(=O)CC/C=C\C/C=C\CCCCCCCC. The molecule has 0 aliphatic rings. The minimum absolute atomic E-state index is 0.115. The number of hydrogen-bond donors (Lipinski definition) is 0. The van der Waals surface area contributed by atoms with Crippen LogP contribution >= 0.6 is 0 Å². The number of carbonyl (C=O) groups is 3. The normalized spacial score (nSPS) is 12.9. The monoisotopic (exact) mass is 805 g/mol. The van der Waals surface area contributed by atoms with Crippen molar-refractivity contribution in [2.45, 2.75) is 200 Å². The van der Waals surface area contributed by atoms with E-state index in [-0.39, 0.29) is 31.6 Å². The third kappa shape index (κ3) is 43.5. The minimum Gasteiger partial charge on any atom is -0.462 e. The third-order valence-electron chi connectivity index (χ3n) is 9.50. The molecule has 1 unspecified atom stereocenters. The van der Waals surface area contributed by atoms with Gasteiger partial charge in [-0.15, -0.1) is 0 Å². The summed E-state index contributed by atoms with van der Waals surface area (Å²) in [6.07, 6.45) is 59.7. The molecule has 0 N–H and O–H groups in total. The van der Waals surface area contributed by atoms with E-state index in [4.69, 9.17) is 14.2 Å². The Hall–Kier alpha value is -3.67. The lowest BCUT2D eigenvalue weighted by atomic mass is 10.1. The highest BCUT2D eigenvalue weighted by Gasteiger charge is 2.19. The molecule has 0 bridgehead atoms. The number of hydrogen-bond acceptors (Lipinski definition) is 6. The molecule has 6 nitrogen and oxygen atoms in total. The summed E-state index contributed by atoms with van der Waals surface area (Å²) in [5.74, 6) is -1.04. The molecule has 0 saturated carbocycles. The molecule has 0 aromatic heterocycles. The van der Waals surface area contributed by atoms with E-state index in [1.165, 1.54) is 83.5 Å². The van der Waals surface area contributed by atoms with Gasteiger partial charge in [0.05, 0.1) is 0 Å². The smallest absolute Gasteiger partial charge is 0.306 e. The van der Waals surface area contributed by atoms with Gasteiger partial charge in [0, 0.05) is 19.3 Å². The lowest BCUT2D eigenvalue weighted by Crippen LogP contribution is -2.30. The van der Waals surface area contributed by atoms with Gasteiger partial charge in [-0.05, 0) is 57.8 Å². The van der Waals surface area contributed by atoms with Crippen LogP contribution in [0.5, 0.6) is 0 Å². The van der Waals surface area contributed by atoms with Crippen molar-refractivity contribution in [1.82, 2.24) is 0 Å². The zero-order chi connectivity index (χ0) is 42.3. The molecule has 0 radical (unpaired) electrons. The van der Waals surface area contributed by atoms with Gasteiger partial charge < -0.3 is 14.2 Å². The van der Waals surface area contributed by atoms with Gasteiger partial charge in [-0.3, -0.25) is 14.4 Å². The second kappa shape index (κ2) is 46.0. The Kier molecular flexibility index (Phi) is 43.1. The number of rotatable bonds is 40. The molecular weight excluding hydrogens is 721 g/mol. The van der Waals surface area contributed by atoms with Crippen LogP contribution in [-0.4, -0.2) is 37.2 Å². The van der Waals surface area contributed by atoms with Crippen molar-refractivity contribution in [2.75, 3.05) is 13.2 Å². The van der Waals surface area contributed by atoms with Crippen LogP contribution < -0.4 is 0 Å². The molecule has 0 aliphatic carbocycles. The van der Waals surface area contributed by atoms with Crippen LogP contribution in [0.2, 0.25) is 0 Å². The van der Waals surface area contributed by atoms with Gasteiger partial charge in [-0.25, -0.2) is 0 Å². The molecule has 0 aromatic rings. The van der Waals surface area contributed by atoms with E-state index < -0.39 is 12.1 Å². The maximum Gasteiger partial charge on any atom is 0.306 e. The molecule has 0 aliphatic heterocycles. The van der Waals surface area contributed by atoms with E-state index >= 15 is 0 Å². The lowest BCUT2D eigenvalue weighted by molar-refractivity contribution is -0.166. The Morgan fingerprint density at radius 1 is 0.379 bits per heavy atom. The van der Waals surface area contributed by atoms with Crippen molar-refractivity contribution in [1.29, 1.82) is 0 Å². The number of esters is 3. The minimum atomic E-state index is -0.823. The first-order valence-electron chi connectivity index (χ1n) is 23.3. The maximum atomic E-state index is 12.7. The van der Waals surface area contributed by atoms with E-state index in [1.807, 2.05) is 66.8 Å². The number of unbranched alkanes of at least 4 members (excludes halogenated alkanes) is 18. The van der Waals surface area contributed by atoms with E-state index in [2.05, 4.69) is 51.2 Å². The number of carbonyl (C=O) groups excluding carboxylic acids is 3. The van der Waals surface area contributed by atoms with Crippen molar-refractivity contribution < 1.29 is 28.6 Å². The molecule has 1 atom stereocenters. The highest BCUT2D eigenvalue weighted by molar-refractivity contribution is 5.71. The van der Waals surface area contributed by atoms with Crippen molar-refractivity contribution in [2.24, 2.45) is 0 Å². The molecule has 328 valence electrons. The summed E-state index contributed by atoms with van der Waals surface area (Å²) in [6.45, 7) is 6.36. The Morgan fingerprint density at radius 2 is 0.776 bits per heavy atom. The van der Waals surface area contributed by atoms with Crippen molar-refractivity contribution in [3.8, 4) is 0 Å². The van der Waals surface area contributed by atoms with E-state index in [9.17, 15) is 14.4 Å². The topological polar surface area (TPSA) is 78.9 Å². The van der Waals surface area contributed by atoms with Crippen LogP contribution in [0.15, 0.2) is 97.2 Å². The van der Waals surface area contributed by atoms with Crippen LogP contribution in [0.25, 0.3) is 0 Å². The molecule has 0 fully saturated rings. The fourth-order valence-electron chi connectivity index (χ4n) is 6.00. The summed E-state index contributed by atoms with van der Waals surface area (Å²) in [4.78, 5) is 37.7. The van der Waals surface area contributed by atoms with Gasteiger partial charge in [-0.2, -0.15) is 0 Å². The predicted molar refractivity (Wildman–Crippen MR) is 247 cm³/mol. The third-order valence-corrected chi connectivity index (χ3v) is 9.50. The summed E-state index contributed by atoms with van der Waals surface area (Å²) < 4.78 is 16.6. The van der Waals surface area contributed by atoms with Crippen LogP contribution in [0.1, 0.15) is 194 Å². The van der Waals surface area contributed by atoms with Gasteiger partial charge in [0.25, 0.3) is 0 Å². The quantitative estimate of drug-likeness (QED) is 0.0202. The van der Waals surface area contributed by atoms with Crippen molar-refractivity contribution in [3.63, 3.8) is 0 Å². The lowest BCUT2D eigenvalue weighted by Gasteiger charge is -2.18. The molecule has 0 rings (SSSR count). The fraction of sp³-hybridized carbons (Fsp3) is 0.635. The maximum absolute atomic E-state index is 12.7. The van der Waals surface area contributed by atoms with Crippen LogP contribution in [0.3, 0.4) is 0 Å². The van der Waals surface area contributed by atoms with Gasteiger partial charge in [0.15, 0.2) is 6.10 Å². The first-order chi connectivity index (χ1) is 28.5. The highest BCUT2D eigenvalue weighted by atomic mass is 16.6. The molecule has 0 aromatic carbocycles. The first kappa shape index (κ1) is 54.3. The predicted octanol–water partition coefficient (Wildman–Crippen LogP) is 15.0. The average Bonchev–Trinajstić information content (AvgIpc) is 3.22. The summed E-state index contributed by atoms with van der Waals surface area (Å²) in [5, 5.41) is 0. The van der Waals surface area contributed by atoms with Crippen LogP contribution in [0, 0.1) is 0 Å². The number of allylic oxidation sites excluding steroid dienone is 16. The fourth-order valence-corrected chi connectivity index (χ4v) is 6.00. The summed E-state index contributed by atoms with van der Waals surface area (Å²) in [7, 11) is 0. The zero-order valence-electron chi connectivity index (χ0n) is 37.3. The van der Waals surface area contributed by atoms with Crippen LogP contribution in [0.4, 0.5) is 0 Å². The van der Waals surface area contributed by atoms with Gasteiger partial charge >= 0.3 is 17.9 Å².